The molecule has 17 heavy (non-hydrogen) atoms. The van der Waals surface area contributed by atoms with E-state index in [4.69, 9.17) is 11.6 Å². The molecule has 1 heterocycles. The Morgan fingerprint density at radius 3 is 2.76 bits per heavy atom. The Balaban J connectivity index is 2.55. The van der Waals surface area contributed by atoms with Crippen molar-refractivity contribution in [3.63, 3.8) is 0 Å². The fraction of sp³-hybridized carbons (Fsp3) is 0.214. The lowest BCUT2D eigenvalue weighted by Gasteiger charge is -2.11. The summed E-state index contributed by atoms with van der Waals surface area (Å²) in [5.74, 6) is 0. The van der Waals surface area contributed by atoms with Crippen LogP contribution in [0, 0.1) is 6.92 Å². The molecule has 0 radical (unpaired) electrons. The Morgan fingerprint density at radius 1 is 1.24 bits per heavy atom. The summed E-state index contributed by atoms with van der Waals surface area (Å²) in [6, 6.07) is 7.99. The molecule has 3 heteroatoms. The Morgan fingerprint density at radius 2 is 2.06 bits per heavy atom. The van der Waals surface area contributed by atoms with Crippen LogP contribution in [0.5, 0.6) is 0 Å². The van der Waals surface area contributed by atoms with Gasteiger partial charge in [0.2, 0.25) is 0 Å². The molecule has 2 aromatic rings. The van der Waals surface area contributed by atoms with E-state index < -0.39 is 0 Å². The number of pyridine rings is 1. The van der Waals surface area contributed by atoms with Crippen molar-refractivity contribution in [2.45, 2.75) is 13.5 Å². The van der Waals surface area contributed by atoms with E-state index >= 15 is 0 Å². The zero-order valence-electron chi connectivity index (χ0n) is 10.00. The summed E-state index contributed by atoms with van der Waals surface area (Å²) in [7, 11) is 1.93. The van der Waals surface area contributed by atoms with Crippen LogP contribution >= 0.6 is 11.6 Å². The first-order valence-corrected chi connectivity index (χ1v) is 5.94. The average molecular weight is 247 g/mol. The molecule has 0 aliphatic heterocycles. The second kappa shape index (κ2) is 5.30. The molecule has 1 N–H and O–H groups in total. The summed E-state index contributed by atoms with van der Waals surface area (Å²) >= 11 is 6.04. The number of aryl methyl sites for hydroxylation is 1. The largest absolute Gasteiger partial charge is 0.316 e. The van der Waals surface area contributed by atoms with Gasteiger partial charge in [-0.3, -0.25) is 4.98 Å². The van der Waals surface area contributed by atoms with E-state index in [1.807, 2.05) is 37.6 Å². The molecule has 0 saturated carbocycles. The molecule has 1 aromatic carbocycles. The minimum atomic E-state index is 0.764. The van der Waals surface area contributed by atoms with Crippen molar-refractivity contribution in [1.82, 2.24) is 10.3 Å². The smallest absolute Gasteiger partial charge is 0.0409 e. The molecule has 0 spiro atoms. The van der Waals surface area contributed by atoms with Crippen molar-refractivity contribution in [3.05, 3.63) is 52.8 Å². The lowest BCUT2D eigenvalue weighted by atomic mass is 9.98. The second-order valence-corrected chi connectivity index (χ2v) is 4.46. The van der Waals surface area contributed by atoms with Gasteiger partial charge in [0.15, 0.2) is 0 Å². The molecule has 1 aromatic heterocycles. The highest BCUT2D eigenvalue weighted by molar-refractivity contribution is 6.30. The summed E-state index contributed by atoms with van der Waals surface area (Å²) < 4.78 is 0. The number of hydrogen-bond donors (Lipinski definition) is 1. The predicted molar refractivity (Wildman–Crippen MR) is 72.2 cm³/mol. The van der Waals surface area contributed by atoms with Gasteiger partial charge < -0.3 is 5.32 Å². The summed E-state index contributed by atoms with van der Waals surface area (Å²) in [6.07, 6.45) is 3.71. The molecule has 0 aliphatic rings. The molecule has 0 aliphatic carbocycles. The third-order valence-corrected chi connectivity index (χ3v) is 3.00. The number of benzene rings is 1. The monoisotopic (exact) mass is 246 g/mol. The number of aromatic nitrogens is 1. The predicted octanol–water partition coefficient (Wildman–Crippen LogP) is 3.43. The van der Waals surface area contributed by atoms with Crippen LogP contribution < -0.4 is 5.32 Å². The normalized spacial score (nSPS) is 10.5. The number of nitrogens with zero attached hydrogens (tertiary/aromatic N) is 1. The molecule has 0 saturated heterocycles. The lowest BCUT2D eigenvalue weighted by Crippen LogP contribution is -2.06. The van der Waals surface area contributed by atoms with Crippen LogP contribution in [-0.4, -0.2) is 12.0 Å². The Hall–Kier alpha value is -1.38. The number of rotatable bonds is 3. The Bertz CT molecular complexity index is 523. The van der Waals surface area contributed by atoms with Crippen molar-refractivity contribution < 1.29 is 0 Å². The topological polar surface area (TPSA) is 24.9 Å². The highest BCUT2D eigenvalue weighted by Gasteiger charge is 2.07. The molecule has 2 nitrogen and oxygen atoms in total. The maximum Gasteiger partial charge on any atom is 0.0409 e. The first-order chi connectivity index (χ1) is 8.22. The van der Waals surface area contributed by atoms with E-state index in [0.717, 1.165) is 17.1 Å². The third-order valence-electron chi connectivity index (χ3n) is 2.76. The van der Waals surface area contributed by atoms with Crippen molar-refractivity contribution >= 4 is 11.6 Å². The fourth-order valence-corrected chi connectivity index (χ4v) is 2.10. The first-order valence-electron chi connectivity index (χ1n) is 5.56. The van der Waals surface area contributed by atoms with Gasteiger partial charge in [-0.25, -0.2) is 0 Å². The highest BCUT2D eigenvalue weighted by atomic mass is 35.5. The summed E-state index contributed by atoms with van der Waals surface area (Å²) in [5.41, 5.74) is 4.76. The lowest BCUT2D eigenvalue weighted by molar-refractivity contribution is 0.819. The zero-order chi connectivity index (χ0) is 12.3. The van der Waals surface area contributed by atoms with Gasteiger partial charge in [-0.2, -0.15) is 0 Å². The molecular weight excluding hydrogens is 232 g/mol. The van der Waals surface area contributed by atoms with E-state index in [1.165, 1.54) is 16.7 Å². The van der Waals surface area contributed by atoms with Crippen LogP contribution in [0.25, 0.3) is 11.1 Å². The van der Waals surface area contributed by atoms with Crippen LogP contribution in [0.4, 0.5) is 0 Å². The van der Waals surface area contributed by atoms with Gasteiger partial charge in [-0.05, 0) is 48.9 Å². The quantitative estimate of drug-likeness (QED) is 0.898. The van der Waals surface area contributed by atoms with Gasteiger partial charge in [0, 0.05) is 29.5 Å². The molecule has 0 atom stereocenters. The second-order valence-electron chi connectivity index (χ2n) is 4.02. The molecule has 2 rings (SSSR count). The van der Waals surface area contributed by atoms with Crippen LogP contribution in [0.1, 0.15) is 11.1 Å². The molecule has 0 unspecified atom stereocenters. The van der Waals surface area contributed by atoms with E-state index in [9.17, 15) is 0 Å². The third kappa shape index (κ3) is 2.65. The minimum absolute atomic E-state index is 0.764. The Labute approximate surface area is 107 Å². The standard InChI is InChI=1S/C14H15ClN2/c1-10-5-6-17-9-14(10)13-4-3-12(15)7-11(13)8-16-2/h3-7,9,16H,8H2,1-2H3. The highest BCUT2D eigenvalue weighted by Crippen LogP contribution is 2.28. The minimum Gasteiger partial charge on any atom is -0.316 e. The van der Waals surface area contributed by atoms with Crippen molar-refractivity contribution in [1.29, 1.82) is 0 Å². The van der Waals surface area contributed by atoms with Gasteiger partial charge in [0.25, 0.3) is 0 Å². The maximum atomic E-state index is 6.04. The zero-order valence-corrected chi connectivity index (χ0v) is 10.8. The molecule has 0 bridgehead atoms. The maximum absolute atomic E-state index is 6.04. The van der Waals surface area contributed by atoms with Crippen LogP contribution in [-0.2, 0) is 6.54 Å². The molecule has 0 amide bonds. The number of nitrogens with one attached hydrogen (secondary N) is 1. The summed E-state index contributed by atoms with van der Waals surface area (Å²) in [4.78, 5) is 4.19. The van der Waals surface area contributed by atoms with Gasteiger partial charge in [0.05, 0.1) is 0 Å². The Kier molecular flexibility index (Phi) is 3.77. The van der Waals surface area contributed by atoms with Gasteiger partial charge in [-0.1, -0.05) is 17.7 Å². The van der Waals surface area contributed by atoms with Crippen molar-refractivity contribution in [2.24, 2.45) is 0 Å². The summed E-state index contributed by atoms with van der Waals surface area (Å²) in [6.45, 7) is 2.89. The molecular formula is C14H15ClN2. The molecule has 88 valence electrons. The first kappa shape index (κ1) is 12.1. The van der Waals surface area contributed by atoms with Gasteiger partial charge in [0.1, 0.15) is 0 Å². The summed E-state index contributed by atoms with van der Waals surface area (Å²) in [5, 5.41) is 3.93. The van der Waals surface area contributed by atoms with Crippen LogP contribution in [0.2, 0.25) is 5.02 Å². The SMILES string of the molecule is CNCc1cc(Cl)ccc1-c1cnccc1C. The average Bonchev–Trinajstić information content (AvgIpc) is 2.31. The van der Waals surface area contributed by atoms with Crippen LogP contribution in [0.3, 0.4) is 0 Å². The van der Waals surface area contributed by atoms with Crippen LogP contribution in [0.15, 0.2) is 36.7 Å². The molecule has 0 fully saturated rings. The van der Waals surface area contributed by atoms with Gasteiger partial charge in [-0.15, -0.1) is 0 Å². The van der Waals surface area contributed by atoms with E-state index in [1.54, 1.807) is 0 Å². The van der Waals surface area contributed by atoms with Gasteiger partial charge >= 0.3 is 0 Å². The number of hydrogen-bond acceptors (Lipinski definition) is 2. The van der Waals surface area contributed by atoms with E-state index in [-0.39, 0.29) is 0 Å². The van der Waals surface area contributed by atoms with E-state index in [2.05, 4.69) is 23.3 Å². The van der Waals surface area contributed by atoms with E-state index in [0.29, 0.717) is 0 Å². The van der Waals surface area contributed by atoms with Crippen molar-refractivity contribution in [2.75, 3.05) is 7.05 Å². The fourth-order valence-electron chi connectivity index (χ4n) is 1.91. The van der Waals surface area contributed by atoms with Crippen molar-refractivity contribution in [3.8, 4) is 11.1 Å². The number of halogens is 1.